The van der Waals surface area contributed by atoms with Gasteiger partial charge in [-0.05, 0) is 44.2 Å². The van der Waals surface area contributed by atoms with Crippen LogP contribution in [0.2, 0.25) is 0 Å². The van der Waals surface area contributed by atoms with E-state index in [1.54, 1.807) is 13.0 Å². The molecule has 1 saturated carbocycles. The van der Waals surface area contributed by atoms with E-state index in [4.69, 9.17) is 0 Å². The average Bonchev–Trinajstić information content (AvgIpc) is 2.94. The summed E-state index contributed by atoms with van der Waals surface area (Å²) in [4.78, 5) is 25.7. The van der Waals surface area contributed by atoms with Crippen LogP contribution in [0.25, 0.3) is 0 Å². The van der Waals surface area contributed by atoms with Gasteiger partial charge in [-0.1, -0.05) is 0 Å². The highest BCUT2D eigenvalue weighted by atomic mass is 16.5. The Bertz CT molecular complexity index is 404. The number of esters is 1. The fourth-order valence-electron chi connectivity index (χ4n) is 1.63. The normalized spacial score (nSPS) is 14.8. The third-order valence-electron chi connectivity index (χ3n) is 2.66. The predicted molar refractivity (Wildman–Crippen MR) is 58.2 cm³/mol. The fraction of sp³-hybridized carbons (Fsp3) is 0.500. The smallest absolute Gasteiger partial charge is 0.381 e. The number of ketones is 1. The highest BCUT2D eigenvalue weighted by molar-refractivity contribution is 6.40. The molecule has 16 heavy (non-hydrogen) atoms. The molecular formula is C12H15NO3. The molecule has 1 aromatic heterocycles. The van der Waals surface area contributed by atoms with E-state index >= 15 is 0 Å². The first-order valence-corrected chi connectivity index (χ1v) is 5.60. The lowest BCUT2D eigenvalue weighted by Gasteiger charge is -1.98. The lowest BCUT2D eigenvalue weighted by molar-refractivity contribution is -0.137. The number of nitrogens with one attached hydrogen (secondary N) is 1. The van der Waals surface area contributed by atoms with Crippen molar-refractivity contribution in [1.82, 2.24) is 4.98 Å². The summed E-state index contributed by atoms with van der Waals surface area (Å²) in [7, 11) is 0. The number of hydrogen-bond donors (Lipinski definition) is 1. The first-order chi connectivity index (χ1) is 7.70. The molecule has 0 saturated heterocycles. The number of aromatic amines is 1. The van der Waals surface area contributed by atoms with Gasteiger partial charge >= 0.3 is 5.97 Å². The zero-order chi connectivity index (χ0) is 11.5. The number of aromatic nitrogens is 1. The van der Waals surface area contributed by atoms with E-state index in [1.165, 1.54) is 12.8 Å². The van der Waals surface area contributed by atoms with Crippen LogP contribution < -0.4 is 0 Å². The van der Waals surface area contributed by atoms with Crippen LogP contribution in [0.15, 0.2) is 12.1 Å². The third-order valence-corrected chi connectivity index (χ3v) is 2.66. The molecule has 0 aliphatic heterocycles. The topological polar surface area (TPSA) is 59.2 Å². The largest absolute Gasteiger partial charge is 0.460 e. The maximum Gasteiger partial charge on any atom is 0.381 e. The second kappa shape index (κ2) is 4.51. The van der Waals surface area contributed by atoms with Gasteiger partial charge in [-0.3, -0.25) is 4.79 Å². The summed E-state index contributed by atoms with van der Waals surface area (Å²) in [6.45, 7) is 1.90. The Morgan fingerprint density at radius 2 is 2.19 bits per heavy atom. The highest BCUT2D eigenvalue weighted by Crippen LogP contribution is 2.32. The van der Waals surface area contributed by atoms with E-state index in [1.807, 2.05) is 6.07 Å². The van der Waals surface area contributed by atoms with E-state index in [2.05, 4.69) is 9.72 Å². The summed E-state index contributed by atoms with van der Waals surface area (Å²) >= 11 is 0. The lowest BCUT2D eigenvalue weighted by atomic mass is 10.2. The molecule has 0 atom stereocenters. The Kier molecular flexibility index (Phi) is 3.08. The molecule has 1 fully saturated rings. The molecule has 0 unspecified atom stereocenters. The van der Waals surface area contributed by atoms with Crippen molar-refractivity contribution in [1.29, 1.82) is 0 Å². The molecule has 1 aromatic rings. The summed E-state index contributed by atoms with van der Waals surface area (Å²) in [5, 5.41) is 0. The first kappa shape index (κ1) is 10.9. The van der Waals surface area contributed by atoms with Crippen molar-refractivity contribution in [2.75, 3.05) is 6.61 Å². The zero-order valence-electron chi connectivity index (χ0n) is 9.29. The van der Waals surface area contributed by atoms with Gasteiger partial charge in [0.15, 0.2) is 0 Å². The summed E-state index contributed by atoms with van der Waals surface area (Å²) in [6.07, 6.45) is 3.50. The molecule has 4 heteroatoms. The summed E-state index contributed by atoms with van der Waals surface area (Å²) in [5.41, 5.74) is 1.35. The molecule has 0 bridgehead atoms. The quantitative estimate of drug-likeness (QED) is 0.468. The molecule has 0 aromatic carbocycles. The van der Waals surface area contributed by atoms with Gasteiger partial charge in [0.05, 0.1) is 12.3 Å². The van der Waals surface area contributed by atoms with Gasteiger partial charge in [0, 0.05) is 5.69 Å². The molecule has 86 valence electrons. The third kappa shape index (κ3) is 2.51. The van der Waals surface area contributed by atoms with Crippen LogP contribution in [0.3, 0.4) is 0 Å². The molecule has 1 N–H and O–H groups in total. The number of hydrogen-bond acceptors (Lipinski definition) is 3. The molecule has 0 radical (unpaired) electrons. The second-order valence-corrected chi connectivity index (χ2v) is 4.09. The minimum Gasteiger partial charge on any atom is -0.460 e. The Balaban J connectivity index is 1.99. The Morgan fingerprint density at radius 3 is 2.81 bits per heavy atom. The predicted octanol–water partition coefficient (Wildman–Crippen LogP) is 1.71. The van der Waals surface area contributed by atoms with Crippen molar-refractivity contribution >= 4 is 11.8 Å². The lowest BCUT2D eigenvalue weighted by Crippen LogP contribution is -2.17. The molecule has 1 aliphatic carbocycles. The number of ether oxygens (including phenoxy) is 1. The van der Waals surface area contributed by atoms with Crippen LogP contribution in [0, 0.1) is 5.92 Å². The van der Waals surface area contributed by atoms with Crippen molar-refractivity contribution in [2.24, 2.45) is 5.92 Å². The second-order valence-electron chi connectivity index (χ2n) is 4.09. The van der Waals surface area contributed by atoms with Gasteiger partial charge in [-0.25, -0.2) is 4.79 Å². The van der Waals surface area contributed by atoms with E-state index in [0.717, 1.165) is 18.0 Å². The average molecular weight is 221 g/mol. The Labute approximate surface area is 94.0 Å². The van der Waals surface area contributed by atoms with Crippen LogP contribution in [0.1, 0.15) is 35.9 Å². The molecule has 2 rings (SSSR count). The van der Waals surface area contributed by atoms with Crippen molar-refractivity contribution in [3.8, 4) is 0 Å². The van der Waals surface area contributed by atoms with Gasteiger partial charge in [0.25, 0.3) is 5.78 Å². The molecule has 1 aliphatic rings. The molecule has 4 nitrogen and oxygen atoms in total. The van der Waals surface area contributed by atoms with Gasteiger partial charge in [0.2, 0.25) is 0 Å². The summed E-state index contributed by atoms with van der Waals surface area (Å²) in [5.74, 6) is -0.629. The van der Waals surface area contributed by atoms with Crippen molar-refractivity contribution in [3.63, 3.8) is 0 Å². The number of carbonyl (C=O) groups excluding carboxylic acids is 2. The molecule has 0 spiro atoms. The van der Waals surface area contributed by atoms with Crippen molar-refractivity contribution < 1.29 is 14.3 Å². The van der Waals surface area contributed by atoms with Crippen LogP contribution >= 0.6 is 0 Å². The minimum atomic E-state index is -0.790. The molecule has 0 amide bonds. The number of carbonyl (C=O) groups is 2. The van der Waals surface area contributed by atoms with Gasteiger partial charge in [0.1, 0.15) is 0 Å². The standard InChI is InChI=1S/C12H15NO3/c1-2-16-12(15)11(14)10-6-5-9(13-10)7-8-3-4-8/h5-6,8,13H,2-4,7H2,1H3. The maximum atomic E-state index is 11.5. The highest BCUT2D eigenvalue weighted by Gasteiger charge is 2.23. The Hall–Kier alpha value is -1.58. The zero-order valence-corrected chi connectivity index (χ0v) is 9.29. The van der Waals surface area contributed by atoms with Gasteiger partial charge < -0.3 is 9.72 Å². The minimum absolute atomic E-state index is 0.222. The van der Waals surface area contributed by atoms with E-state index in [0.29, 0.717) is 5.69 Å². The number of rotatable bonds is 5. The van der Waals surface area contributed by atoms with E-state index < -0.39 is 11.8 Å². The van der Waals surface area contributed by atoms with Gasteiger partial charge in [-0.15, -0.1) is 0 Å². The number of H-pyrrole nitrogens is 1. The molecular weight excluding hydrogens is 206 g/mol. The van der Waals surface area contributed by atoms with Crippen LogP contribution in [-0.2, 0) is 16.0 Å². The maximum absolute atomic E-state index is 11.5. The van der Waals surface area contributed by atoms with E-state index in [9.17, 15) is 9.59 Å². The number of Topliss-reactive ketones (excluding diaryl/α,β-unsaturated/α-hetero) is 1. The Morgan fingerprint density at radius 1 is 1.44 bits per heavy atom. The molecule has 1 heterocycles. The summed E-state index contributed by atoms with van der Waals surface area (Å²) < 4.78 is 4.65. The first-order valence-electron chi connectivity index (χ1n) is 5.60. The SMILES string of the molecule is CCOC(=O)C(=O)c1ccc(CC2CC2)[nH]1. The monoisotopic (exact) mass is 221 g/mol. The van der Waals surface area contributed by atoms with Crippen molar-refractivity contribution in [2.45, 2.75) is 26.2 Å². The van der Waals surface area contributed by atoms with Crippen LogP contribution in [0.4, 0.5) is 0 Å². The van der Waals surface area contributed by atoms with Crippen LogP contribution in [-0.4, -0.2) is 23.3 Å². The van der Waals surface area contributed by atoms with E-state index in [-0.39, 0.29) is 6.61 Å². The van der Waals surface area contributed by atoms with Gasteiger partial charge in [-0.2, -0.15) is 0 Å². The summed E-state index contributed by atoms with van der Waals surface area (Å²) in [6, 6.07) is 3.52. The fourth-order valence-corrected chi connectivity index (χ4v) is 1.63. The van der Waals surface area contributed by atoms with Crippen LogP contribution in [0.5, 0.6) is 0 Å². The van der Waals surface area contributed by atoms with Crippen molar-refractivity contribution in [3.05, 3.63) is 23.5 Å².